The summed E-state index contributed by atoms with van der Waals surface area (Å²) in [6.07, 6.45) is 5.84. The second kappa shape index (κ2) is 7.74. The van der Waals surface area contributed by atoms with Gasteiger partial charge >= 0.3 is 22.3 Å². The van der Waals surface area contributed by atoms with Crippen molar-refractivity contribution < 1.29 is 26.4 Å². The van der Waals surface area contributed by atoms with E-state index in [1.807, 2.05) is 23.8 Å². The van der Waals surface area contributed by atoms with Crippen LogP contribution in [0.25, 0.3) is 0 Å². The van der Waals surface area contributed by atoms with Crippen molar-refractivity contribution in [1.82, 2.24) is 4.72 Å². The zero-order valence-corrected chi connectivity index (χ0v) is 10.7. The summed E-state index contributed by atoms with van der Waals surface area (Å²) in [7, 11) is -4.48. The van der Waals surface area contributed by atoms with E-state index < -0.39 is 22.3 Å². The monoisotopic (exact) mass is 281 g/mol. The molecule has 0 unspecified atom stereocenters. The fourth-order valence-electron chi connectivity index (χ4n) is 0.563. The predicted molar refractivity (Wildman–Crippen MR) is 61.5 cm³/mol. The van der Waals surface area contributed by atoms with E-state index in [9.17, 15) is 18.0 Å². The molecule has 0 spiro atoms. The van der Waals surface area contributed by atoms with Gasteiger partial charge in [-0.05, 0) is 23.4 Å². The van der Waals surface area contributed by atoms with Gasteiger partial charge in [0, 0.05) is 20.0 Å². The quantitative estimate of drug-likeness (QED) is 0.735. The number of rotatable bonds is 2. The lowest BCUT2D eigenvalue weighted by Gasteiger charge is -1.99. The number of hydrogen-bond acceptors (Lipinski definition) is 8. The third-order valence-corrected chi connectivity index (χ3v) is 2.37. The maximum Gasteiger partial charge on any atom is 0.506 e. The Morgan fingerprint density at radius 3 is 1.82 bits per heavy atom. The highest BCUT2D eigenvalue weighted by molar-refractivity contribution is 8.00. The fraction of sp³-hybridized carbons (Fsp3) is 0.250. The van der Waals surface area contributed by atoms with Crippen molar-refractivity contribution in [3.05, 3.63) is 23.8 Å². The summed E-state index contributed by atoms with van der Waals surface area (Å²) >= 11 is 1.58. The first-order valence-electron chi connectivity index (χ1n) is 4.21. The average molecular weight is 281 g/mol. The van der Waals surface area contributed by atoms with Crippen molar-refractivity contribution in [3.63, 3.8) is 0 Å². The molecule has 0 radical (unpaired) electrons. The van der Waals surface area contributed by atoms with Crippen LogP contribution in [0, 0.1) is 0 Å². The summed E-state index contributed by atoms with van der Waals surface area (Å²) in [4.78, 5) is 20.1. The van der Waals surface area contributed by atoms with Crippen LogP contribution in [-0.4, -0.2) is 20.4 Å². The van der Waals surface area contributed by atoms with Gasteiger partial charge in [-0.2, -0.15) is 0 Å². The van der Waals surface area contributed by atoms with Gasteiger partial charge in [0.15, 0.2) is 0 Å². The maximum absolute atomic E-state index is 10.4. The zero-order chi connectivity index (χ0) is 13.3. The summed E-state index contributed by atoms with van der Waals surface area (Å²) in [5, 5.41) is 1.99. The minimum absolute atomic E-state index is 0.876. The van der Waals surface area contributed by atoms with E-state index in [-0.39, 0.29) is 0 Å². The van der Waals surface area contributed by atoms with Crippen molar-refractivity contribution in [1.29, 1.82) is 0 Å². The zero-order valence-electron chi connectivity index (χ0n) is 9.08. The van der Waals surface area contributed by atoms with Gasteiger partial charge in [0.2, 0.25) is 0 Å². The van der Waals surface area contributed by atoms with Gasteiger partial charge in [-0.15, -0.1) is 8.42 Å². The molecule has 0 aromatic heterocycles. The molecule has 0 fully saturated rings. The molecule has 7 nitrogen and oxygen atoms in total. The highest BCUT2D eigenvalue weighted by Crippen LogP contribution is 1.98. The summed E-state index contributed by atoms with van der Waals surface area (Å²) in [5.74, 6) is -2.13. The molecule has 0 bridgehead atoms. The van der Waals surface area contributed by atoms with E-state index in [0.717, 1.165) is 13.8 Å². The molecule has 0 aliphatic carbocycles. The summed E-state index contributed by atoms with van der Waals surface area (Å²) in [5.41, 5.74) is 0. The van der Waals surface area contributed by atoms with Crippen LogP contribution in [-0.2, 0) is 28.4 Å². The SMILES string of the molecule is C1=CNSC=C1.CC(=O)OS(=O)(=O)OC(C)=O. The Labute approximate surface area is 103 Å². The minimum atomic E-state index is -4.48. The topological polar surface area (TPSA) is 98.8 Å². The van der Waals surface area contributed by atoms with Crippen LogP contribution in [0.4, 0.5) is 0 Å². The molecule has 0 atom stereocenters. The van der Waals surface area contributed by atoms with Crippen molar-refractivity contribution in [2.75, 3.05) is 0 Å². The molecule has 9 heteroatoms. The largest absolute Gasteiger partial charge is 0.506 e. The molecule has 96 valence electrons. The highest BCUT2D eigenvalue weighted by Gasteiger charge is 2.17. The smallest absolute Gasteiger partial charge is 0.333 e. The standard InChI is InChI=1S/C4H5NS.C4H6O6S/c1-2-4-6-5-3-1;1-3(5)9-11(7,8)10-4(2)6/h1-5H;1-2H3. The van der Waals surface area contributed by atoms with Crippen molar-refractivity contribution in [2.45, 2.75) is 13.8 Å². The normalized spacial score (nSPS) is 12.8. The molecular weight excluding hydrogens is 270 g/mol. The lowest BCUT2D eigenvalue weighted by atomic mass is 10.6. The third kappa shape index (κ3) is 10.8. The molecule has 0 saturated heterocycles. The lowest BCUT2D eigenvalue weighted by molar-refractivity contribution is -0.135. The first kappa shape index (κ1) is 15.5. The van der Waals surface area contributed by atoms with E-state index in [2.05, 4.69) is 13.1 Å². The second-order valence-electron chi connectivity index (χ2n) is 2.48. The molecule has 1 aliphatic heterocycles. The van der Waals surface area contributed by atoms with Crippen LogP contribution in [0.5, 0.6) is 0 Å². The molecule has 0 aromatic rings. The van der Waals surface area contributed by atoms with E-state index >= 15 is 0 Å². The number of carbonyl (C=O) groups excluding carboxylic acids is 2. The van der Waals surface area contributed by atoms with Crippen LogP contribution >= 0.6 is 11.9 Å². The minimum Gasteiger partial charge on any atom is -0.333 e. The van der Waals surface area contributed by atoms with Gasteiger partial charge in [-0.25, -0.2) is 0 Å². The maximum atomic E-state index is 10.4. The number of hydrogen-bond donors (Lipinski definition) is 1. The molecular formula is C8H11NO6S2. The van der Waals surface area contributed by atoms with Crippen LogP contribution < -0.4 is 4.72 Å². The van der Waals surface area contributed by atoms with Crippen LogP contribution in [0.1, 0.15) is 13.8 Å². The third-order valence-electron chi connectivity index (χ3n) is 0.929. The average Bonchev–Trinajstić information content (AvgIpc) is 2.16. The van der Waals surface area contributed by atoms with Gasteiger partial charge in [0.1, 0.15) is 0 Å². The van der Waals surface area contributed by atoms with E-state index in [1.54, 1.807) is 11.9 Å². The predicted octanol–water partition coefficient (Wildman–Crippen LogP) is 0.623. The van der Waals surface area contributed by atoms with Crippen LogP contribution in [0.2, 0.25) is 0 Å². The Bertz CT molecular complexity index is 391. The molecule has 1 N–H and O–H groups in total. The Kier molecular flexibility index (Phi) is 7.06. The Hall–Kier alpha value is -1.48. The highest BCUT2D eigenvalue weighted by atomic mass is 32.3. The van der Waals surface area contributed by atoms with Gasteiger partial charge in [-0.1, -0.05) is 6.08 Å². The van der Waals surface area contributed by atoms with Gasteiger partial charge in [0.25, 0.3) is 0 Å². The molecule has 1 aliphatic rings. The molecule has 0 aromatic carbocycles. The molecule has 1 heterocycles. The fourth-order valence-corrected chi connectivity index (χ4v) is 1.58. The summed E-state index contributed by atoms with van der Waals surface area (Å²) < 4.78 is 30.9. The van der Waals surface area contributed by atoms with E-state index in [1.165, 1.54) is 0 Å². The first-order chi connectivity index (χ1) is 7.83. The van der Waals surface area contributed by atoms with Crippen molar-refractivity contribution in [3.8, 4) is 0 Å². The molecule has 1 rings (SSSR count). The van der Waals surface area contributed by atoms with E-state index in [0.29, 0.717) is 0 Å². The summed E-state index contributed by atoms with van der Waals surface area (Å²) in [6, 6.07) is 0. The van der Waals surface area contributed by atoms with Crippen molar-refractivity contribution >= 4 is 34.3 Å². The van der Waals surface area contributed by atoms with Crippen LogP contribution in [0.15, 0.2) is 23.8 Å². The Morgan fingerprint density at radius 1 is 1.12 bits per heavy atom. The first-order valence-corrected chi connectivity index (χ1v) is 6.42. The lowest BCUT2D eigenvalue weighted by Crippen LogP contribution is -2.15. The van der Waals surface area contributed by atoms with E-state index in [4.69, 9.17) is 0 Å². The van der Waals surface area contributed by atoms with Crippen LogP contribution in [0.3, 0.4) is 0 Å². The number of nitrogens with one attached hydrogen (secondary N) is 1. The van der Waals surface area contributed by atoms with Gasteiger partial charge in [0.05, 0.1) is 0 Å². The molecule has 0 saturated carbocycles. The Morgan fingerprint density at radius 2 is 1.65 bits per heavy atom. The molecule has 17 heavy (non-hydrogen) atoms. The molecule has 0 amide bonds. The second-order valence-corrected chi connectivity index (χ2v) is 4.37. The number of carbonyl (C=O) groups is 2. The number of allylic oxidation sites excluding steroid dienone is 2. The summed E-state index contributed by atoms with van der Waals surface area (Å²) in [6.45, 7) is 1.75. The van der Waals surface area contributed by atoms with Crippen molar-refractivity contribution in [2.24, 2.45) is 0 Å². The van der Waals surface area contributed by atoms with Gasteiger partial charge in [-0.3, -0.25) is 9.59 Å². The Balaban J connectivity index is 0.000000354. The van der Waals surface area contributed by atoms with Gasteiger partial charge < -0.3 is 13.1 Å².